The van der Waals surface area contributed by atoms with Gasteiger partial charge in [-0.3, -0.25) is 0 Å². The second-order valence-electron chi connectivity index (χ2n) is 3.74. The second-order valence-corrected chi connectivity index (χ2v) is 3.74. The fourth-order valence-electron chi connectivity index (χ4n) is 1.78. The number of rotatable bonds is 1. The molecular formula is C14H11F2. The van der Waals surface area contributed by atoms with Gasteiger partial charge in [0.25, 0.3) is 0 Å². The van der Waals surface area contributed by atoms with Crippen molar-refractivity contribution in [2.24, 2.45) is 0 Å². The fraction of sp³-hybridized carbons (Fsp3) is 0.143. The van der Waals surface area contributed by atoms with E-state index in [2.05, 4.69) is 6.07 Å². The Morgan fingerprint density at radius 2 is 1.75 bits per heavy atom. The first kappa shape index (κ1) is 10.8. The Morgan fingerprint density at radius 3 is 2.44 bits per heavy atom. The summed E-state index contributed by atoms with van der Waals surface area (Å²) in [6.45, 7) is 3.42. The van der Waals surface area contributed by atoms with Gasteiger partial charge in [0.15, 0.2) is 0 Å². The summed E-state index contributed by atoms with van der Waals surface area (Å²) in [7, 11) is 0. The number of hydrogen-bond acceptors (Lipinski definition) is 0. The van der Waals surface area contributed by atoms with Crippen molar-refractivity contribution in [1.82, 2.24) is 0 Å². The lowest BCUT2D eigenvalue weighted by Gasteiger charge is -2.10. The van der Waals surface area contributed by atoms with Crippen LogP contribution in [0.25, 0.3) is 11.1 Å². The molecule has 16 heavy (non-hydrogen) atoms. The van der Waals surface area contributed by atoms with E-state index in [9.17, 15) is 8.78 Å². The Balaban J connectivity index is 2.73. The molecule has 0 spiro atoms. The molecule has 0 nitrogen and oxygen atoms in total. The fourth-order valence-corrected chi connectivity index (χ4v) is 1.78. The van der Waals surface area contributed by atoms with E-state index in [-0.39, 0.29) is 11.6 Å². The molecule has 0 heterocycles. The third kappa shape index (κ3) is 1.71. The molecule has 81 valence electrons. The lowest BCUT2D eigenvalue weighted by Crippen LogP contribution is -1.93. The van der Waals surface area contributed by atoms with Crippen LogP contribution in [-0.2, 0) is 0 Å². The highest BCUT2D eigenvalue weighted by Crippen LogP contribution is 2.29. The average Bonchev–Trinajstić information content (AvgIpc) is 2.24. The summed E-state index contributed by atoms with van der Waals surface area (Å²) in [6, 6.07) is 10.5. The highest BCUT2D eigenvalue weighted by Gasteiger charge is 2.12. The van der Waals surface area contributed by atoms with Crippen LogP contribution in [0.3, 0.4) is 0 Å². The molecule has 2 aromatic carbocycles. The maximum atomic E-state index is 13.7. The van der Waals surface area contributed by atoms with Crippen molar-refractivity contribution < 1.29 is 8.78 Å². The molecule has 0 aliphatic carbocycles. The van der Waals surface area contributed by atoms with E-state index in [4.69, 9.17) is 0 Å². The Morgan fingerprint density at radius 1 is 1.00 bits per heavy atom. The Labute approximate surface area is 93.5 Å². The van der Waals surface area contributed by atoms with Gasteiger partial charge in [0.05, 0.1) is 0 Å². The lowest BCUT2D eigenvalue weighted by molar-refractivity contribution is 0.616. The molecule has 0 amide bonds. The minimum atomic E-state index is -0.343. The molecule has 0 saturated carbocycles. The van der Waals surface area contributed by atoms with Gasteiger partial charge in [-0.15, -0.1) is 0 Å². The summed E-state index contributed by atoms with van der Waals surface area (Å²) >= 11 is 0. The number of aryl methyl sites for hydroxylation is 1. The Kier molecular flexibility index (Phi) is 2.73. The minimum absolute atomic E-state index is 0.319. The second kappa shape index (κ2) is 4.05. The number of halogens is 2. The van der Waals surface area contributed by atoms with E-state index < -0.39 is 0 Å². The Hall–Kier alpha value is -1.70. The zero-order chi connectivity index (χ0) is 11.7. The summed E-state index contributed by atoms with van der Waals surface area (Å²) in [4.78, 5) is 0. The van der Waals surface area contributed by atoms with Crippen LogP contribution in [0.15, 0.2) is 30.3 Å². The molecule has 0 aliphatic heterocycles. The molecule has 2 heteroatoms. The topological polar surface area (TPSA) is 0 Å². The van der Waals surface area contributed by atoms with E-state index in [1.807, 2.05) is 0 Å². The number of benzene rings is 2. The van der Waals surface area contributed by atoms with Gasteiger partial charge in [-0.1, -0.05) is 18.2 Å². The van der Waals surface area contributed by atoms with Crippen molar-refractivity contribution in [3.63, 3.8) is 0 Å². The van der Waals surface area contributed by atoms with E-state index in [1.54, 1.807) is 26.0 Å². The van der Waals surface area contributed by atoms with Gasteiger partial charge in [-0.05, 0) is 48.7 Å². The van der Waals surface area contributed by atoms with Gasteiger partial charge in [-0.25, -0.2) is 8.78 Å². The van der Waals surface area contributed by atoms with Crippen LogP contribution >= 0.6 is 0 Å². The van der Waals surface area contributed by atoms with Crippen molar-refractivity contribution in [3.8, 4) is 11.1 Å². The third-order valence-corrected chi connectivity index (χ3v) is 2.68. The van der Waals surface area contributed by atoms with Crippen LogP contribution < -0.4 is 0 Å². The number of hydrogen-bond donors (Lipinski definition) is 0. The molecule has 0 N–H and O–H groups in total. The van der Waals surface area contributed by atoms with Crippen molar-refractivity contribution in [2.75, 3.05) is 0 Å². The van der Waals surface area contributed by atoms with Crippen LogP contribution in [0.4, 0.5) is 8.78 Å². The highest BCUT2D eigenvalue weighted by atomic mass is 19.1. The quantitative estimate of drug-likeness (QED) is 0.676. The molecule has 0 saturated heterocycles. The highest BCUT2D eigenvalue weighted by molar-refractivity contribution is 5.70. The molecule has 2 rings (SSSR count). The van der Waals surface area contributed by atoms with Crippen LogP contribution in [-0.4, -0.2) is 0 Å². The molecular weight excluding hydrogens is 206 g/mol. The standard InChI is InChI=1S/C14H11F2/c1-9-5-3-8-13(16)14(9)11-6-4-7-12(15)10(11)2/h3-4,6-8H,1-2H3. The summed E-state index contributed by atoms with van der Waals surface area (Å²) in [5, 5.41) is 0. The van der Waals surface area contributed by atoms with Crippen molar-refractivity contribution >= 4 is 0 Å². The first-order valence-electron chi connectivity index (χ1n) is 5.03. The summed E-state index contributed by atoms with van der Waals surface area (Å²) in [6.07, 6.45) is 0. The predicted octanol–water partition coefficient (Wildman–Crippen LogP) is 4.05. The monoisotopic (exact) mass is 217 g/mol. The molecule has 0 aromatic heterocycles. The Bertz CT molecular complexity index is 510. The molecule has 1 radical (unpaired) electrons. The molecule has 0 atom stereocenters. The largest absolute Gasteiger partial charge is 0.207 e. The van der Waals surface area contributed by atoms with Crippen LogP contribution in [0, 0.1) is 31.5 Å². The van der Waals surface area contributed by atoms with E-state index in [0.717, 1.165) is 0 Å². The lowest BCUT2D eigenvalue weighted by atomic mass is 9.96. The van der Waals surface area contributed by atoms with Gasteiger partial charge in [0.1, 0.15) is 11.6 Å². The summed E-state index contributed by atoms with van der Waals surface area (Å²) in [5.74, 6) is -0.662. The molecule has 2 aromatic rings. The molecule has 0 fully saturated rings. The van der Waals surface area contributed by atoms with Crippen molar-refractivity contribution in [3.05, 3.63) is 59.2 Å². The zero-order valence-electron chi connectivity index (χ0n) is 9.14. The molecule has 0 unspecified atom stereocenters. The SMILES string of the molecule is Cc1[c]ccc(F)c1-c1cccc(F)c1C. The van der Waals surface area contributed by atoms with Crippen LogP contribution in [0.2, 0.25) is 0 Å². The first-order chi connectivity index (χ1) is 7.61. The van der Waals surface area contributed by atoms with E-state index in [1.165, 1.54) is 18.2 Å². The van der Waals surface area contributed by atoms with Crippen LogP contribution in [0.5, 0.6) is 0 Å². The summed E-state index contributed by atoms with van der Waals surface area (Å²) < 4.78 is 27.1. The van der Waals surface area contributed by atoms with Gasteiger partial charge in [-0.2, -0.15) is 0 Å². The van der Waals surface area contributed by atoms with E-state index >= 15 is 0 Å². The maximum Gasteiger partial charge on any atom is 0.131 e. The normalized spacial score (nSPS) is 10.5. The molecule has 0 bridgehead atoms. The maximum absolute atomic E-state index is 13.7. The molecule has 0 aliphatic rings. The third-order valence-electron chi connectivity index (χ3n) is 2.68. The smallest absolute Gasteiger partial charge is 0.131 e. The minimum Gasteiger partial charge on any atom is -0.207 e. The zero-order valence-corrected chi connectivity index (χ0v) is 9.14. The van der Waals surface area contributed by atoms with Crippen molar-refractivity contribution in [1.29, 1.82) is 0 Å². The predicted molar refractivity (Wildman–Crippen MR) is 60.1 cm³/mol. The van der Waals surface area contributed by atoms with Crippen molar-refractivity contribution in [2.45, 2.75) is 13.8 Å². The summed E-state index contributed by atoms with van der Waals surface area (Å²) in [5.41, 5.74) is 2.17. The van der Waals surface area contributed by atoms with Gasteiger partial charge < -0.3 is 0 Å². The first-order valence-corrected chi connectivity index (χ1v) is 5.03. The van der Waals surface area contributed by atoms with Gasteiger partial charge in [0.2, 0.25) is 0 Å². The average molecular weight is 217 g/mol. The van der Waals surface area contributed by atoms with Gasteiger partial charge in [0, 0.05) is 5.56 Å². The van der Waals surface area contributed by atoms with E-state index in [0.29, 0.717) is 22.3 Å². The van der Waals surface area contributed by atoms with Gasteiger partial charge >= 0.3 is 0 Å². The van der Waals surface area contributed by atoms with Crippen LogP contribution in [0.1, 0.15) is 11.1 Å².